The van der Waals surface area contributed by atoms with E-state index in [0.717, 1.165) is 28.0 Å². The molecule has 3 N–H and O–H groups in total. The van der Waals surface area contributed by atoms with Gasteiger partial charge in [0.15, 0.2) is 0 Å². The monoisotopic (exact) mass is 220 g/mol. The van der Waals surface area contributed by atoms with Crippen molar-refractivity contribution < 1.29 is 0 Å². The number of nitrogens with two attached hydrogens (primary N) is 1. The van der Waals surface area contributed by atoms with Crippen LogP contribution in [0.5, 0.6) is 0 Å². The Morgan fingerprint density at radius 2 is 1.87 bits per heavy atom. The molecule has 0 unspecified atom stereocenters. The van der Waals surface area contributed by atoms with Gasteiger partial charge in [-0.15, -0.1) is 0 Å². The first kappa shape index (κ1) is 10.3. The molecule has 0 bridgehead atoms. The highest BCUT2D eigenvalue weighted by Crippen LogP contribution is 2.29. The lowest BCUT2D eigenvalue weighted by atomic mass is 10.1. The number of halogens is 1. The van der Waals surface area contributed by atoms with Crippen LogP contribution in [0.2, 0.25) is 5.02 Å². The van der Waals surface area contributed by atoms with E-state index in [0.29, 0.717) is 6.54 Å². The Balaban J connectivity index is 2.53. The first-order valence-corrected chi connectivity index (χ1v) is 5.32. The second-order valence-electron chi connectivity index (χ2n) is 3.36. The molecule has 3 heteroatoms. The molecule has 2 aromatic carbocycles. The molecule has 0 spiro atoms. The van der Waals surface area contributed by atoms with Crippen molar-refractivity contribution in [3.63, 3.8) is 0 Å². The fourth-order valence-corrected chi connectivity index (χ4v) is 1.93. The van der Waals surface area contributed by atoms with E-state index in [2.05, 4.69) is 17.4 Å². The van der Waals surface area contributed by atoms with Gasteiger partial charge in [-0.25, -0.2) is 0 Å². The lowest BCUT2D eigenvalue weighted by Crippen LogP contribution is -2.13. The molecule has 0 saturated carbocycles. The number of rotatable bonds is 3. The zero-order valence-corrected chi connectivity index (χ0v) is 9.09. The maximum absolute atomic E-state index is 6.17. The minimum atomic E-state index is 0.612. The van der Waals surface area contributed by atoms with Crippen LogP contribution in [0.4, 0.5) is 5.69 Å². The number of anilines is 1. The normalized spacial score (nSPS) is 10.5. The van der Waals surface area contributed by atoms with Gasteiger partial charge < -0.3 is 11.1 Å². The topological polar surface area (TPSA) is 38.0 Å². The molecular formula is C12H13ClN2. The molecule has 78 valence electrons. The van der Waals surface area contributed by atoms with Gasteiger partial charge in [-0.1, -0.05) is 35.9 Å². The summed E-state index contributed by atoms with van der Waals surface area (Å²) in [7, 11) is 0. The lowest BCUT2D eigenvalue weighted by molar-refractivity contribution is 1.03. The molecule has 0 aliphatic rings. The van der Waals surface area contributed by atoms with Gasteiger partial charge >= 0.3 is 0 Å². The van der Waals surface area contributed by atoms with Crippen LogP contribution < -0.4 is 11.1 Å². The molecule has 2 aromatic rings. The second-order valence-corrected chi connectivity index (χ2v) is 3.77. The van der Waals surface area contributed by atoms with Crippen LogP contribution in [0, 0.1) is 0 Å². The van der Waals surface area contributed by atoms with Crippen molar-refractivity contribution in [1.29, 1.82) is 0 Å². The Bertz CT molecular complexity index is 463. The zero-order valence-electron chi connectivity index (χ0n) is 8.33. The highest BCUT2D eigenvalue weighted by atomic mass is 35.5. The quantitative estimate of drug-likeness (QED) is 0.835. The first-order valence-electron chi connectivity index (χ1n) is 4.94. The molecule has 0 atom stereocenters. The van der Waals surface area contributed by atoms with Crippen molar-refractivity contribution in [2.75, 3.05) is 18.4 Å². The molecule has 0 radical (unpaired) electrons. The molecule has 0 aromatic heterocycles. The number of nitrogens with one attached hydrogen (secondary N) is 1. The summed E-state index contributed by atoms with van der Waals surface area (Å²) in [5.74, 6) is 0. The first-order chi connectivity index (χ1) is 7.33. The summed E-state index contributed by atoms with van der Waals surface area (Å²) in [5, 5.41) is 6.25. The van der Waals surface area contributed by atoms with E-state index in [9.17, 15) is 0 Å². The summed E-state index contributed by atoms with van der Waals surface area (Å²) in [6.45, 7) is 1.37. The number of benzene rings is 2. The molecule has 0 heterocycles. The standard InChI is InChI=1S/C12H13ClN2/c13-10-5-1-3-9-4-2-6-11(12(9)10)15-8-7-14/h1-6,15H,7-8,14H2. The highest BCUT2D eigenvalue weighted by Gasteiger charge is 2.03. The smallest absolute Gasteiger partial charge is 0.0505 e. The van der Waals surface area contributed by atoms with E-state index in [4.69, 9.17) is 17.3 Å². The van der Waals surface area contributed by atoms with Crippen LogP contribution in [0.15, 0.2) is 36.4 Å². The summed E-state index contributed by atoms with van der Waals surface area (Å²) in [6, 6.07) is 12.0. The average molecular weight is 221 g/mol. The van der Waals surface area contributed by atoms with E-state index >= 15 is 0 Å². The maximum Gasteiger partial charge on any atom is 0.0505 e. The molecule has 0 saturated heterocycles. The van der Waals surface area contributed by atoms with Crippen molar-refractivity contribution in [3.8, 4) is 0 Å². The molecule has 2 rings (SSSR count). The van der Waals surface area contributed by atoms with Gasteiger partial charge in [-0.2, -0.15) is 0 Å². The molecule has 0 aliphatic carbocycles. The van der Waals surface area contributed by atoms with E-state index in [-0.39, 0.29) is 0 Å². The molecular weight excluding hydrogens is 208 g/mol. The summed E-state index contributed by atoms with van der Waals surface area (Å²) in [6.07, 6.45) is 0. The van der Waals surface area contributed by atoms with Crippen LogP contribution in [0.25, 0.3) is 10.8 Å². The third-order valence-electron chi connectivity index (χ3n) is 2.31. The Morgan fingerprint density at radius 1 is 1.13 bits per heavy atom. The summed E-state index contributed by atoms with van der Waals surface area (Å²) >= 11 is 6.17. The largest absolute Gasteiger partial charge is 0.383 e. The van der Waals surface area contributed by atoms with Crippen LogP contribution in [-0.2, 0) is 0 Å². The Kier molecular flexibility index (Phi) is 3.09. The van der Waals surface area contributed by atoms with Crippen molar-refractivity contribution in [3.05, 3.63) is 41.4 Å². The van der Waals surface area contributed by atoms with Crippen LogP contribution in [-0.4, -0.2) is 13.1 Å². The average Bonchev–Trinajstić information content (AvgIpc) is 2.26. The SMILES string of the molecule is NCCNc1cccc2cccc(Cl)c12. The predicted octanol–water partition coefficient (Wildman–Crippen LogP) is 2.86. The third kappa shape index (κ3) is 2.06. The van der Waals surface area contributed by atoms with Gasteiger partial charge in [0.25, 0.3) is 0 Å². The van der Waals surface area contributed by atoms with Crippen molar-refractivity contribution >= 4 is 28.1 Å². The second kappa shape index (κ2) is 4.51. The van der Waals surface area contributed by atoms with Gasteiger partial charge in [0.1, 0.15) is 0 Å². The molecule has 0 fully saturated rings. The lowest BCUT2D eigenvalue weighted by Gasteiger charge is -2.09. The number of hydrogen-bond acceptors (Lipinski definition) is 2. The van der Waals surface area contributed by atoms with E-state index in [1.165, 1.54) is 0 Å². The minimum absolute atomic E-state index is 0.612. The Morgan fingerprint density at radius 3 is 2.60 bits per heavy atom. The van der Waals surface area contributed by atoms with Crippen molar-refractivity contribution in [2.24, 2.45) is 5.73 Å². The van der Waals surface area contributed by atoms with Crippen molar-refractivity contribution in [1.82, 2.24) is 0 Å². The Labute approximate surface area is 94.0 Å². The summed E-state index contributed by atoms with van der Waals surface area (Å²) in [5.41, 5.74) is 6.51. The van der Waals surface area contributed by atoms with Gasteiger partial charge in [0.2, 0.25) is 0 Å². The molecule has 0 amide bonds. The van der Waals surface area contributed by atoms with Gasteiger partial charge in [0.05, 0.1) is 5.02 Å². The zero-order chi connectivity index (χ0) is 10.7. The summed E-state index contributed by atoms with van der Waals surface area (Å²) < 4.78 is 0. The number of fused-ring (bicyclic) bond motifs is 1. The van der Waals surface area contributed by atoms with E-state index in [1.54, 1.807) is 0 Å². The summed E-state index contributed by atoms with van der Waals surface area (Å²) in [4.78, 5) is 0. The minimum Gasteiger partial charge on any atom is -0.383 e. The highest BCUT2D eigenvalue weighted by molar-refractivity contribution is 6.36. The van der Waals surface area contributed by atoms with Crippen LogP contribution >= 0.6 is 11.6 Å². The maximum atomic E-state index is 6.17. The van der Waals surface area contributed by atoms with Crippen molar-refractivity contribution in [2.45, 2.75) is 0 Å². The fourth-order valence-electron chi connectivity index (χ4n) is 1.65. The van der Waals surface area contributed by atoms with Gasteiger partial charge in [-0.3, -0.25) is 0 Å². The van der Waals surface area contributed by atoms with E-state index in [1.807, 2.05) is 24.3 Å². The number of hydrogen-bond donors (Lipinski definition) is 2. The molecule has 15 heavy (non-hydrogen) atoms. The van der Waals surface area contributed by atoms with Crippen LogP contribution in [0.1, 0.15) is 0 Å². The Hall–Kier alpha value is -1.25. The third-order valence-corrected chi connectivity index (χ3v) is 2.63. The fraction of sp³-hybridized carbons (Fsp3) is 0.167. The van der Waals surface area contributed by atoms with Crippen LogP contribution in [0.3, 0.4) is 0 Å². The van der Waals surface area contributed by atoms with E-state index < -0.39 is 0 Å². The van der Waals surface area contributed by atoms with Gasteiger partial charge in [0, 0.05) is 24.2 Å². The molecule has 0 aliphatic heterocycles. The molecule has 2 nitrogen and oxygen atoms in total. The predicted molar refractivity (Wildman–Crippen MR) is 66.5 cm³/mol. The van der Waals surface area contributed by atoms with Gasteiger partial charge in [-0.05, 0) is 17.5 Å².